The molecule has 0 aliphatic carbocycles. The molecule has 0 saturated carbocycles. The van der Waals surface area contributed by atoms with Crippen LogP contribution in [0, 0.1) is 5.41 Å². The van der Waals surface area contributed by atoms with E-state index in [0.29, 0.717) is 0 Å². The summed E-state index contributed by atoms with van der Waals surface area (Å²) in [4.78, 5) is 11.4. The molecule has 0 aliphatic heterocycles. The number of hydrogen-bond acceptors (Lipinski definition) is 3. The van der Waals surface area contributed by atoms with Crippen molar-refractivity contribution < 1.29 is 37.0 Å². The first-order chi connectivity index (χ1) is 5.79. The van der Waals surface area contributed by atoms with Gasteiger partial charge in [0.15, 0.2) is 5.78 Å². The van der Waals surface area contributed by atoms with Gasteiger partial charge in [0.05, 0.1) is 0 Å². The minimum absolute atomic E-state index is 0. The SMILES string of the molecule is COC(C)/C(O)=C/C(=O)C(C)(C)C.[Ag]. The van der Waals surface area contributed by atoms with Gasteiger partial charge in [-0.3, -0.25) is 4.79 Å². The van der Waals surface area contributed by atoms with Crippen molar-refractivity contribution in [2.45, 2.75) is 33.8 Å². The van der Waals surface area contributed by atoms with E-state index in [2.05, 4.69) is 0 Å². The van der Waals surface area contributed by atoms with Gasteiger partial charge in [0, 0.05) is 41.0 Å². The van der Waals surface area contributed by atoms with Gasteiger partial charge in [-0.2, -0.15) is 0 Å². The average molecular weight is 294 g/mol. The number of carbonyl (C=O) groups excluding carboxylic acids is 1. The minimum atomic E-state index is -0.457. The fourth-order valence-corrected chi connectivity index (χ4v) is 0.589. The minimum Gasteiger partial charge on any atom is -0.509 e. The van der Waals surface area contributed by atoms with E-state index in [1.165, 1.54) is 13.2 Å². The van der Waals surface area contributed by atoms with Crippen molar-refractivity contribution in [3.05, 3.63) is 11.8 Å². The number of ether oxygens (including phenoxy) is 1. The van der Waals surface area contributed by atoms with Gasteiger partial charge in [0.1, 0.15) is 11.9 Å². The predicted molar refractivity (Wildman–Crippen MR) is 51.6 cm³/mol. The van der Waals surface area contributed by atoms with Crippen molar-refractivity contribution in [2.75, 3.05) is 7.11 Å². The topological polar surface area (TPSA) is 46.5 Å². The van der Waals surface area contributed by atoms with Gasteiger partial charge in [-0.05, 0) is 6.92 Å². The molecule has 1 radical (unpaired) electrons. The molecular weight excluding hydrogens is 276 g/mol. The van der Waals surface area contributed by atoms with Gasteiger partial charge in [-0.1, -0.05) is 20.8 Å². The van der Waals surface area contributed by atoms with E-state index in [9.17, 15) is 9.90 Å². The maximum atomic E-state index is 11.4. The van der Waals surface area contributed by atoms with Gasteiger partial charge in [-0.25, -0.2) is 0 Å². The molecule has 0 aromatic carbocycles. The number of ketones is 1. The summed E-state index contributed by atoms with van der Waals surface area (Å²) in [7, 11) is 1.48. The molecule has 0 aromatic heterocycles. The van der Waals surface area contributed by atoms with Gasteiger partial charge in [0.2, 0.25) is 0 Å². The largest absolute Gasteiger partial charge is 0.509 e. The maximum Gasteiger partial charge on any atom is 0.164 e. The first-order valence-electron chi connectivity index (χ1n) is 4.27. The molecule has 0 rings (SSSR count). The van der Waals surface area contributed by atoms with Crippen molar-refractivity contribution in [2.24, 2.45) is 5.41 Å². The van der Waals surface area contributed by atoms with Crippen LogP contribution in [0.4, 0.5) is 0 Å². The molecule has 3 nitrogen and oxygen atoms in total. The zero-order chi connectivity index (χ0) is 10.6. The Morgan fingerprint density at radius 1 is 1.43 bits per heavy atom. The summed E-state index contributed by atoms with van der Waals surface area (Å²) in [5, 5.41) is 9.37. The number of methoxy groups -OCH3 is 1. The Hall–Kier alpha value is -0.0897. The first kappa shape index (κ1) is 16.3. The zero-order valence-electron chi connectivity index (χ0n) is 9.22. The van der Waals surface area contributed by atoms with Crippen LogP contribution in [-0.2, 0) is 31.9 Å². The van der Waals surface area contributed by atoms with E-state index in [0.717, 1.165) is 0 Å². The quantitative estimate of drug-likeness (QED) is 0.492. The molecule has 1 N–H and O–H groups in total. The van der Waals surface area contributed by atoms with Gasteiger partial charge in [-0.15, -0.1) is 0 Å². The Morgan fingerprint density at radius 2 is 1.86 bits per heavy atom. The van der Waals surface area contributed by atoms with Crippen molar-refractivity contribution in [3.8, 4) is 0 Å². The van der Waals surface area contributed by atoms with Crippen molar-refractivity contribution in [3.63, 3.8) is 0 Å². The molecule has 0 fully saturated rings. The number of allylic oxidation sites excluding steroid dienone is 1. The van der Waals surface area contributed by atoms with E-state index in [1.807, 2.05) is 0 Å². The van der Waals surface area contributed by atoms with E-state index in [4.69, 9.17) is 4.74 Å². The summed E-state index contributed by atoms with van der Waals surface area (Å²) < 4.78 is 4.85. The molecule has 0 saturated heterocycles. The zero-order valence-corrected chi connectivity index (χ0v) is 10.7. The van der Waals surface area contributed by atoms with Gasteiger partial charge in [0.25, 0.3) is 0 Å². The van der Waals surface area contributed by atoms with Crippen LogP contribution < -0.4 is 0 Å². The number of hydrogen-bond donors (Lipinski definition) is 1. The third kappa shape index (κ3) is 5.60. The van der Waals surface area contributed by atoms with E-state index in [-0.39, 0.29) is 33.9 Å². The molecule has 1 atom stereocenters. The van der Waals surface area contributed by atoms with Crippen LogP contribution in [0.5, 0.6) is 0 Å². The monoisotopic (exact) mass is 293 g/mol. The molecule has 0 aromatic rings. The summed E-state index contributed by atoms with van der Waals surface area (Å²) in [5.41, 5.74) is -0.457. The smallest absolute Gasteiger partial charge is 0.164 e. The maximum absolute atomic E-state index is 11.4. The van der Waals surface area contributed by atoms with Gasteiger partial charge < -0.3 is 9.84 Å². The van der Waals surface area contributed by atoms with Crippen LogP contribution in [0.2, 0.25) is 0 Å². The standard InChI is InChI=1S/C10H18O3.Ag/c1-7(13-5)8(11)6-9(12)10(2,3)4;/h6-7,11H,1-5H3;/b8-6-;. The Balaban J connectivity index is 0. The second-order valence-electron chi connectivity index (χ2n) is 4.06. The molecule has 14 heavy (non-hydrogen) atoms. The third-order valence-corrected chi connectivity index (χ3v) is 1.79. The van der Waals surface area contributed by atoms with Crippen LogP contribution in [0.15, 0.2) is 11.8 Å². The molecule has 0 aliphatic rings. The normalized spacial score (nSPS) is 14.5. The molecule has 87 valence electrons. The molecule has 4 heteroatoms. The van der Waals surface area contributed by atoms with Crippen LogP contribution in [0.1, 0.15) is 27.7 Å². The molecule has 0 heterocycles. The second-order valence-corrected chi connectivity index (χ2v) is 4.06. The Bertz CT molecular complexity index is 216. The average Bonchev–Trinajstić information content (AvgIpc) is 2.01. The predicted octanol–water partition coefficient (Wildman–Crippen LogP) is 2.08. The number of carbonyl (C=O) groups is 1. The van der Waals surface area contributed by atoms with Crippen LogP contribution in [0.3, 0.4) is 0 Å². The van der Waals surface area contributed by atoms with Crippen LogP contribution in [0.25, 0.3) is 0 Å². The van der Waals surface area contributed by atoms with Crippen molar-refractivity contribution in [1.82, 2.24) is 0 Å². The molecule has 0 amide bonds. The van der Waals surface area contributed by atoms with Gasteiger partial charge >= 0.3 is 0 Å². The van der Waals surface area contributed by atoms with E-state index in [1.54, 1.807) is 27.7 Å². The Labute approximate surface area is 101 Å². The Kier molecular flexibility index (Phi) is 7.48. The summed E-state index contributed by atoms with van der Waals surface area (Å²) in [6, 6.07) is 0. The molecule has 0 bridgehead atoms. The summed E-state index contributed by atoms with van der Waals surface area (Å²) in [6.07, 6.45) is 0.806. The Morgan fingerprint density at radius 3 is 2.14 bits per heavy atom. The fourth-order valence-electron chi connectivity index (χ4n) is 0.589. The molecular formula is C10H18AgO3. The number of aliphatic hydroxyl groups is 1. The summed E-state index contributed by atoms with van der Waals surface area (Å²) in [5.74, 6) is -0.128. The fraction of sp³-hybridized carbons (Fsp3) is 0.700. The van der Waals surface area contributed by atoms with E-state index >= 15 is 0 Å². The molecule has 1 unspecified atom stereocenters. The number of aliphatic hydroxyl groups excluding tert-OH is 1. The summed E-state index contributed by atoms with van der Waals surface area (Å²) >= 11 is 0. The summed E-state index contributed by atoms with van der Waals surface area (Å²) in [6.45, 7) is 7.09. The van der Waals surface area contributed by atoms with Crippen molar-refractivity contribution >= 4 is 5.78 Å². The first-order valence-corrected chi connectivity index (χ1v) is 4.27. The second kappa shape index (κ2) is 6.40. The van der Waals surface area contributed by atoms with Crippen LogP contribution >= 0.6 is 0 Å². The number of rotatable bonds is 3. The van der Waals surface area contributed by atoms with Crippen molar-refractivity contribution in [1.29, 1.82) is 0 Å². The van der Waals surface area contributed by atoms with E-state index < -0.39 is 11.5 Å². The van der Waals surface area contributed by atoms with Crippen LogP contribution in [-0.4, -0.2) is 24.1 Å². The third-order valence-electron chi connectivity index (χ3n) is 1.79. The molecule has 0 spiro atoms.